The normalized spacial score (nSPS) is 13.7. The van der Waals surface area contributed by atoms with Crippen LogP contribution < -0.4 is 15.0 Å². The Morgan fingerprint density at radius 2 is 1.92 bits per heavy atom. The lowest BCUT2D eigenvalue weighted by molar-refractivity contribution is -0.130. The van der Waals surface area contributed by atoms with Crippen LogP contribution in [0.1, 0.15) is 12.8 Å². The number of hydrogen-bond donors (Lipinski definition) is 1. The maximum atomic E-state index is 12.6. The monoisotopic (exact) mass is 375 g/mol. The van der Waals surface area contributed by atoms with Crippen LogP contribution in [0, 0.1) is 4.77 Å². The summed E-state index contributed by atoms with van der Waals surface area (Å²) in [4.78, 5) is 29.0. The first-order valence-electron chi connectivity index (χ1n) is 8.38. The summed E-state index contributed by atoms with van der Waals surface area (Å²) in [6.45, 7) is 1.59. The van der Waals surface area contributed by atoms with Gasteiger partial charge in [-0.25, -0.2) is 0 Å². The lowest BCUT2D eigenvalue weighted by Crippen LogP contribution is -2.32. The summed E-state index contributed by atoms with van der Waals surface area (Å²) < 4.78 is 12.5. The molecule has 1 N–H and O–H groups in total. The Labute approximate surface area is 156 Å². The Bertz CT molecular complexity index is 929. The van der Waals surface area contributed by atoms with Crippen molar-refractivity contribution in [1.82, 2.24) is 14.5 Å². The topological polar surface area (TPSA) is 76.6 Å². The smallest absolute Gasteiger partial charge is 0.252 e. The molecule has 2 heterocycles. The zero-order valence-electron chi connectivity index (χ0n) is 14.8. The lowest BCUT2D eigenvalue weighted by atomic mass is 10.1. The average molecular weight is 375 g/mol. The number of carbonyl (C=O) groups is 1. The molecule has 8 heteroatoms. The minimum atomic E-state index is -0.326. The van der Waals surface area contributed by atoms with Crippen LogP contribution in [0.4, 0.5) is 0 Å². The van der Waals surface area contributed by atoms with E-state index in [4.69, 9.17) is 21.7 Å². The van der Waals surface area contributed by atoms with Gasteiger partial charge in [-0.1, -0.05) is 0 Å². The molecule has 0 spiro atoms. The Hall–Kier alpha value is -2.61. The fraction of sp³-hybridized carbons (Fsp3) is 0.389. The highest BCUT2D eigenvalue weighted by Crippen LogP contribution is 2.32. The Morgan fingerprint density at radius 3 is 2.58 bits per heavy atom. The first-order valence-corrected chi connectivity index (χ1v) is 8.78. The van der Waals surface area contributed by atoms with E-state index in [1.54, 1.807) is 37.0 Å². The number of benzene rings is 1. The first kappa shape index (κ1) is 18.2. The van der Waals surface area contributed by atoms with Crippen LogP contribution in [0.25, 0.3) is 11.3 Å². The van der Waals surface area contributed by atoms with Crippen LogP contribution in [0.5, 0.6) is 11.5 Å². The summed E-state index contributed by atoms with van der Waals surface area (Å²) in [6, 6.07) is 6.72. The zero-order chi connectivity index (χ0) is 18.7. The summed E-state index contributed by atoms with van der Waals surface area (Å²) in [7, 11) is 3.11. The van der Waals surface area contributed by atoms with E-state index in [0.717, 1.165) is 25.9 Å². The van der Waals surface area contributed by atoms with Crippen LogP contribution in [0.3, 0.4) is 0 Å². The predicted molar refractivity (Wildman–Crippen MR) is 100 cm³/mol. The van der Waals surface area contributed by atoms with Gasteiger partial charge in [0.15, 0.2) is 4.77 Å². The minimum Gasteiger partial charge on any atom is -0.497 e. The van der Waals surface area contributed by atoms with Crippen LogP contribution in [0.15, 0.2) is 29.1 Å². The van der Waals surface area contributed by atoms with Crippen LogP contribution >= 0.6 is 12.2 Å². The molecule has 0 saturated carbocycles. The molecular weight excluding hydrogens is 354 g/mol. The maximum Gasteiger partial charge on any atom is 0.252 e. The van der Waals surface area contributed by atoms with E-state index in [2.05, 4.69) is 4.98 Å². The van der Waals surface area contributed by atoms with Crippen LogP contribution in [-0.2, 0) is 11.3 Å². The summed E-state index contributed by atoms with van der Waals surface area (Å²) in [5.74, 6) is 1.15. The van der Waals surface area contributed by atoms with E-state index in [9.17, 15) is 9.59 Å². The average Bonchev–Trinajstić information content (AvgIpc) is 3.18. The van der Waals surface area contributed by atoms with Gasteiger partial charge in [0, 0.05) is 30.8 Å². The van der Waals surface area contributed by atoms with Crippen molar-refractivity contribution in [3.8, 4) is 22.8 Å². The molecule has 138 valence electrons. The molecule has 1 fully saturated rings. The summed E-state index contributed by atoms with van der Waals surface area (Å²) in [5, 5.41) is 0. The molecule has 0 atom stereocenters. The number of aromatic nitrogens is 2. The van der Waals surface area contributed by atoms with Gasteiger partial charge in [0.1, 0.15) is 18.0 Å². The fourth-order valence-corrected chi connectivity index (χ4v) is 3.38. The summed E-state index contributed by atoms with van der Waals surface area (Å²) in [6.07, 6.45) is 2.03. The molecule has 1 saturated heterocycles. The number of nitrogens with one attached hydrogen (secondary N) is 1. The van der Waals surface area contributed by atoms with Crippen molar-refractivity contribution in [2.45, 2.75) is 19.4 Å². The van der Waals surface area contributed by atoms with E-state index < -0.39 is 0 Å². The van der Waals surface area contributed by atoms with Crippen LogP contribution in [0.2, 0.25) is 0 Å². The number of ether oxygens (including phenoxy) is 2. The van der Waals surface area contributed by atoms with Gasteiger partial charge in [0.05, 0.1) is 19.9 Å². The molecule has 1 aliphatic heterocycles. The van der Waals surface area contributed by atoms with Gasteiger partial charge in [-0.2, -0.15) is 0 Å². The van der Waals surface area contributed by atoms with Crippen molar-refractivity contribution >= 4 is 18.1 Å². The molecule has 1 aromatic heterocycles. The molecule has 0 bridgehead atoms. The third kappa shape index (κ3) is 3.65. The molecule has 0 aliphatic carbocycles. The number of H-pyrrole nitrogens is 1. The van der Waals surface area contributed by atoms with Gasteiger partial charge in [-0.15, -0.1) is 0 Å². The first-order chi connectivity index (χ1) is 12.5. The predicted octanol–water partition coefficient (Wildman–Crippen LogP) is 2.21. The van der Waals surface area contributed by atoms with Gasteiger partial charge >= 0.3 is 0 Å². The zero-order valence-corrected chi connectivity index (χ0v) is 15.6. The molecule has 1 aliphatic rings. The van der Waals surface area contributed by atoms with Gasteiger partial charge in [0.2, 0.25) is 5.91 Å². The molecular formula is C18H21N3O4S. The van der Waals surface area contributed by atoms with Crippen molar-refractivity contribution in [3.05, 3.63) is 39.4 Å². The van der Waals surface area contributed by atoms with Gasteiger partial charge in [-0.05, 0) is 37.2 Å². The van der Waals surface area contributed by atoms with Gasteiger partial charge in [0.25, 0.3) is 5.56 Å². The van der Waals surface area contributed by atoms with E-state index >= 15 is 0 Å². The summed E-state index contributed by atoms with van der Waals surface area (Å²) >= 11 is 5.32. The third-order valence-electron chi connectivity index (χ3n) is 4.47. The second-order valence-electron chi connectivity index (χ2n) is 6.06. The fourth-order valence-electron chi connectivity index (χ4n) is 3.11. The highest BCUT2D eigenvalue weighted by atomic mass is 32.1. The van der Waals surface area contributed by atoms with Crippen molar-refractivity contribution < 1.29 is 14.3 Å². The quantitative estimate of drug-likeness (QED) is 0.811. The maximum absolute atomic E-state index is 12.6. The second-order valence-corrected chi connectivity index (χ2v) is 6.45. The molecule has 7 nitrogen and oxygen atoms in total. The van der Waals surface area contributed by atoms with Crippen molar-refractivity contribution in [2.75, 3.05) is 27.3 Å². The molecule has 1 amide bonds. The number of likely N-dealkylation sites (tertiary alicyclic amines) is 1. The van der Waals surface area contributed by atoms with Gasteiger partial charge in [-0.3, -0.25) is 14.6 Å². The number of amides is 1. The number of carbonyl (C=O) groups excluding carboxylic acids is 1. The van der Waals surface area contributed by atoms with Crippen molar-refractivity contribution in [2.24, 2.45) is 0 Å². The van der Waals surface area contributed by atoms with Crippen molar-refractivity contribution in [1.29, 1.82) is 0 Å². The number of nitrogens with zero attached hydrogens (tertiary/aromatic N) is 2. The number of hydrogen-bond acceptors (Lipinski definition) is 5. The third-order valence-corrected chi connectivity index (χ3v) is 4.79. The highest BCUT2D eigenvalue weighted by molar-refractivity contribution is 7.71. The Morgan fingerprint density at radius 1 is 1.19 bits per heavy atom. The number of aromatic amines is 1. The largest absolute Gasteiger partial charge is 0.497 e. The SMILES string of the molecule is COc1ccc(-c2cc(=O)[nH]c(=S)n2CC(=O)N2CCCC2)c(OC)c1. The second kappa shape index (κ2) is 7.74. The molecule has 26 heavy (non-hydrogen) atoms. The number of rotatable bonds is 5. The van der Waals surface area contributed by atoms with Crippen LogP contribution in [-0.4, -0.2) is 47.7 Å². The van der Waals surface area contributed by atoms with E-state index in [1.807, 2.05) is 4.90 Å². The number of methoxy groups -OCH3 is 2. The molecule has 0 radical (unpaired) electrons. The van der Waals surface area contributed by atoms with E-state index in [-0.39, 0.29) is 22.8 Å². The summed E-state index contributed by atoms with van der Waals surface area (Å²) in [5.41, 5.74) is 0.873. The Kier molecular flexibility index (Phi) is 5.41. The van der Waals surface area contributed by atoms with Gasteiger partial charge < -0.3 is 18.9 Å². The lowest BCUT2D eigenvalue weighted by Gasteiger charge is -2.19. The molecule has 1 aromatic carbocycles. The Balaban J connectivity index is 2.08. The molecule has 2 aromatic rings. The van der Waals surface area contributed by atoms with E-state index in [0.29, 0.717) is 22.8 Å². The standard InChI is InChI=1S/C18H21N3O4S/c1-24-12-5-6-13(15(9-12)25-2)14-10-16(22)19-18(26)21(14)11-17(23)20-7-3-4-8-20/h5-6,9-10H,3-4,7-8,11H2,1-2H3,(H,19,22,26). The molecule has 0 unspecified atom stereocenters. The van der Waals surface area contributed by atoms with Crippen molar-refractivity contribution in [3.63, 3.8) is 0 Å². The minimum absolute atomic E-state index is 0.0145. The highest BCUT2D eigenvalue weighted by Gasteiger charge is 2.20. The molecule has 3 rings (SSSR count). The van der Waals surface area contributed by atoms with E-state index in [1.165, 1.54) is 6.07 Å².